The van der Waals surface area contributed by atoms with Gasteiger partial charge in [0.15, 0.2) is 0 Å². The van der Waals surface area contributed by atoms with Crippen LogP contribution in [0, 0.1) is 17.7 Å². The van der Waals surface area contributed by atoms with Crippen molar-refractivity contribution in [3.8, 4) is 0 Å². The maximum Gasteiger partial charge on any atom is 0.123 e. The van der Waals surface area contributed by atoms with Crippen molar-refractivity contribution < 1.29 is 4.39 Å². The summed E-state index contributed by atoms with van der Waals surface area (Å²) in [4.78, 5) is 0. The van der Waals surface area contributed by atoms with Gasteiger partial charge in [-0.05, 0) is 55.3 Å². The summed E-state index contributed by atoms with van der Waals surface area (Å²) in [5.41, 5.74) is 1.23. The molecule has 1 aromatic carbocycles. The molecule has 17 heavy (non-hydrogen) atoms. The molecule has 0 aromatic heterocycles. The fraction of sp³-hybridized carbons (Fsp3) is 0.600. The number of hydrogen-bond donors (Lipinski definition) is 1. The molecule has 1 nitrogen and oxygen atoms in total. The van der Waals surface area contributed by atoms with E-state index in [1.165, 1.54) is 18.4 Å². The number of hydrogen-bond acceptors (Lipinski definition) is 1. The Balaban J connectivity index is 1.78. The fourth-order valence-electron chi connectivity index (χ4n) is 2.03. The molecule has 0 aliphatic heterocycles. The molecular weight excluding hydrogens is 213 g/mol. The smallest absolute Gasteiger partial charge is 0.123 e. The van der Waals surface area contributed by atoms with Crippen molar-refractivity contribution in [3.63, 3.8) is 0 Å². The van der Waals surface area contributed by atoms with Crippen LogP contribution in [0.1, 0.15) is 32.3 Å². The Morgan fingerprint density at radius 2 is 1.82 bits per heavy atom. The number of nitrogens with one attached hydrogen (secondary N) is 1. The molecule has 0 bridgehead atoms. The van der Waals surface area contributed by atoms with Gasteiger partial charge in [0, 0.05) is 6.04 Å². The highest BCUT2D eigenvalue weighted by Crippen LogP contribution is 2.21. The normalized spacial score (nSPS) is 19.0. The van der Waals surface area contributed by atoms with E-state index in [4.69, 9.17) is 0 Å². The van der Waals surface area contributed by atoms with Gasteiger partial charge in [0.2, 0.25) is 0 Å². The van der Waals surface area contributed by atoms with Crippen LogP contribution in [0.25, 0.3) is 0 Å². The highest BCUT2D eigenvalue weighted by atomic mass is 19.1. The lowest BCUT2D eigenvalue weighted by Crippen LogP contribution is -2.27. The lowest BCUT2D eigenvalue weighted by Gasteiger charge is -2.20. The Kier molecular flexibility index (Phi) is 4.16. The van der Waals surface area contributed by atoms with Gasteiger partial charge in [-0.1, -0.05) is 26.0 Å². The summed E-state index contributed by atoms with van der Waals surface area (Å²) in [7, 11) is 0. The third kappa shape index (κ3) is 4.12. The molecule has 94 valence electrons. The summed E-state index contributed by atoms with van der Waals surface area (Å²) in [5.74, 6) is 1.15. The minimum atomic E-state index is -0.148. The standard InChI is InChI=1S/C15H22FN/c1-11(12(2)10-17-15-7-8-15)9-13-3-5-14(16)6-4-13/h3-6,11-12,15,17H,7-10H2,1-2H3. The average molecular weight is 235 g/mol. The summed E-state index contributed by atoms with van der Waals surface area (Å²) in [5, 5.41) is 3.57. The van der Waals surface area contributed by atoms with E-state index >= 15 is 0 Å². The maximum absolute atomic E-state index is 12.8. The van der Waals surface area contributed by atoms with Crippen LogP contribution in [0.3, 0.4) is 0 Å². The summed E-state index contributed by atoms with van der Waals surface area (Å²) >= 11 is 0. The molecule has 0 amide bonds. The minimum Gasteiger partial charge on any atom is -0.314 e. The monoisotopic (exact) mass is 235 g/mol. The summed E-state index contributed by atoms with van der Waals surface area (Å²) < 4.78 is 12.8. The number of rotatable bonds is 6. The van der Waals surface area contributed by atoms with Crippen LogP contribution in [-0.4, -0.2) is 12.6 Å². The van der Waals surface area contributed by atoms with E-state index in [9.17, 15) is 4.39 Å². The predicted molar refractivity (Wildman–Crippen MR) is 69.5 cm³/mol. The number of benzene rings is 1. The lowest BCUT2D eigenvalue weighted by molar-refractivity contribution is 0.364. The highest BCUT2D eigenvalue weighted by molar-refractivity contribution is 5.16. The molecule has 1 aromatic rings. The van der Waals surface area contributed by atoms with Gasteiger partial charge >= 0.3 is 0 Å². The molecule has 1 fully saturated rings. The van der Waals surface area contributed by atoms with Gasteiger partial charge in [0.1, 0.15) is 5.82 Å². The first kappa shape index (κ1) is 12.6. The van der Waals surface area contributed by atoms with Gasteiger partial charge in [0.05, 0.1) is 0 Å². The molecule has 2 rings (SSSR count). The molecule has 1 saturated carbocycles. The molecule has 0 radical (unpaired) electrons. The van der Waals surface area contributed by atoms with Gasteiger partial charge in [-0.3, -0.25) is 0 Å². The van der Waals surface area contributed by atoms with Crippen molar-refractivity contribution >= 4 is 0 Å². The molecule has 0 saturated heterocycles. The Labute approximate surface area is 103 Å². The molecule has 0 spiro atoms. The van der Waals surface area contributed by atoms with E-state index in [2.05, 4.69) is 19.2 Å². The van der Waals surface area contributed by atoms with E-state index in [0.29, 0.717) is 11.8 Å². The Morgan fingerprint density at radius 3 is 2.41 bits per heavy atom. The molecule has 1 aliphatic rings. The SMILES string of the molecule is CC(CNC1CC1)C(C)Cc1ccc(F)cc1. The van der Waals surface area contributed by atoms with Crippen LogP contribution in [0.4, 0.5) is 4.39 Å². The zero-order valence-electron chi connectivity index (χ0n) is 10.7. The molecule has 2 heteroatoms. The quantitative estimate of drug-likeness (QED) is 0.797. The van der Waals surface area contributed by atoms with Gasteiger partial charge in [-0.15, -0.1) is 0 Å². The van der Waals surface area contributed by atoms with E-state index in [1.54, 1.807) is 12.1 Å². The van der Waals surface area contributed by atoms with Crippen LogP contribution in [0.2, 0.25) is 0 Å². The Morgan fingerprint density at radius 1 is 1.18 bits per heavy atom. The Bertz CT molecular complexity index is 342. The van der Waals surface area contributed by atoms with Crippen molar-refractivity contribution in [3.05, 3.63) is 35.6 Å². The van der Waals surface area contributed by atoms with Crippen molar-refractivity contribution in [2.45, 2.75) is 39.2 Å². The van der Waals surface area contributed by atoms with Crippen molar-refractivity contribution in [1.29, 1.82) is 0 Å². The minimum absolute atomic E-state index is 0.148. The fourth-order valence-corrected chi connectivity index (χ4v) is 2.03. The molecular formula is C15H22FN. The van der Waals surface area contributed by atoms with Crippen LogP contribution in [0.5, 0.6) is 0 Å². The predicted octanol–water partition coefficient (Wildman–Crippen LogP) is 3.39. The zero-order chi connectivity index (χ0) is 12.3. The largest absolute Gasteiger partial charge is 0.314 e. The van der Waals surface area contributed by atoms with E-state index < -0.39 is 0 Å². The zero-order valence-corrected chi connectivity index (χ0v) is 10.7. The van der Waals surface area contributed by atoms with E-state index in [1.807, 2.05) is 12.1 Å². The van der Waals surface area contributed by atoms with Crippen LogP contribution in [0.15, 0.2) is 24.3 Å². The van der Waals surface area contributed by atoms with Gasteiger partial charge in [-0.25, -0.2) is 4.39 Å². The summed E-state index contributed by atoms with van der Waals surface area (Å²) in [6, 6.07) is 7.68. The first-order valence-electron chi connectivity index (χ1n) is 6.63. The first-order chi connectivity index (χ1) is 8.15. The first-order valence-corrected chi connectivity index (χ1v) is 6.63. The van der Waals surface area contributed by atoms with Gasteiger partial charge < -0.3 is 5.32 Å². The van der Waals surface area contributed by atoms with E-state index in [-0.39, 0.29) is 5.82 Å². The summed E-state index contributed by atoms with van der Waals surface area (Å²) in [6.45, 7) is 5.68. The average Bonchev–Trinajstić information content (AvgIpc) is 3.13. The molecule has 1 N–H and O–H groups in total. The second-order valence-electron chi connectivity index (χ2n) is 5.47. The Hall–Kier alpha value is -0.890. The molecule has 2 atom stereocenters. The van der Waals surface area contributed by atoms with Gasteiger partial charge in [-0.2, -0.15) is 0 Å². The molecule has 1 aliphatic carbocycles. The highest BCUT2D eigenvalue weighted by Gasteiger charge is 2.22. The number of halogens is 1. The van der Waals surface area contributed by atoms with Crippen LogP contribution >= 0.6 is 0 Å². The molecule has 0 heterocycles. The van der Waals surface area contributed by atoms with Crippen LogP contribution < -0.4 is 5.32 Å². The second kappa shape index (κ2) is 5.63. The topological polar surface area (TPSA) is 12.0 Å². The summed E-state index contributed by atoms with van der Waals surface area (Å²) in [6.07, 6.45) is 3.73. The van der Waals surface area contributed by atoms with Crippen molar-refractivity contribution in [2.75, 3.05) is 6.54 Å². The van der Waals surface area contributed by atoms with Crippen LogP contribution in [-0.2, 0) is 6.42 Å². The second-order valence-corrected chi connectivity index (χ2v) is 5.47. The van der Waals surface area contributed by atoms with Gasteiger partial charge in [0.25, 0.3) is 0 Å². The lowest BCUT2D eigenvalue weighted by atomic mass is 9.89. The third-order valence-electron chi connectivity index (χ3n) is 3.75. The third-order valence-corrected chi connectivity index (χ3v) is 3.75. The van der Waals surface area contributed by atoms with Crippen molar-refractivity contribution in [1.82, 2.24) is 5.32 Å². The van der Waals surface area contributed by atoms with Crippen molar-refractivity contribution in [2.24, 2.45) is 11.8 Å². The maximum atomic E-state index is 12.8. The molecule has 2 unspecified atom stereocenters. The van der Waals surface area contributed by atoms with E-state index in [0.717, 1.165) is 19.0 Å².